The number of urea groups is 1. The summed E-state index contributed by atoms with van der Waals surface area (Å²) < 4.78 is 5.48. The average Bonchev–Trinajstić information content (AvgIpc) is 3.05. The SMILES string of the molecule is CCN1CCN(C(=O)NC(C(=O)N[C@H]2Cc3cccc(C(=O)O)c3OB2O)c2cccc(NC(=O)c3cccnc3)c2)C(=O)C1=O. The Kier molecular flexibility index (Phi) is 9.27. The molecule has 2 aliphatic rings. The first kappa shape index (κ1) is 31.7. The number of aromatic nitrogens is 1. The fraction of sp³-hybridized carbons (Fsp3) is 0.233. The Hall–Kier alpha value is -5.77. The normalized spacial score (nSPS) is 16.6. The van der Waals surface area contributed by atoms with Gasteiger partial charge in [0, 0.05) is 37.7 Å². The summed E-state index contributed by atoms with van der Waals surface area (Å²) in [5, 5.41) is 28.0. The van der Waals surface area contributed by atoms with Gasteiger partial charge in [0.1, 0.15) is 11.8 Å². The molecule has 1 unspecified atom stereocenters. The van der Waals surface area contributed by atoms with Crippen LogP contribution in [0.15, 0.2) is 67.0 Å². The molecule has 0 spiro atoms. The molecule has 2 atom stereocenters. The molecule has 2 aromatic carbocycles. The lowest BCUT2D eigenvalue weighted by molar-refractivity contribution is -0.153. The lowest BCUT2D eigenvalue weighted by atomic mass is 9.72. The third-order valence-corrected chi connectivity index (χ3v) is 7.54. The second-order valence-electron chi connectivity index (χ2n) is 10.5. The highest BCUT2D eigenvalue weighted by molar-refractivity contribution is 6.47. The van der Waals surface area contributed by atoms with Gasteiger partial charge in [0.25, 0.3) is 5.91 Å². The van der Waals surface area contributed by atoms with Crippen LogP contribution in [0, 0.1) is 0 Å². The number of likely N-dealkylation sites (N-methyl/N-ethyl adjacent to an activating group) is 1. The molecule has 1 aromatic heterocycles. The largest absolute Gasteiger partial charge is 0.547 e. The lowest BCUT2D eigenvalue weighted by Gasteiger charge is -2.33. The van der Waals surface area contributed by atoms with E-state index in [2.05, 4.69) is 20.9 Å². The number of nitrogens with one attached hydrogen (secondary N) is 3. The van der Waals surface area contributed by atoms with Crippen LogP contribution in [0.3, 0.4) is 0 Å². The van der Waals surface area contributed by atoms with Crippen LogP contribution in [-0.4, -0.2) is 93.2 Å². The van der Waals surface area contributed by atoms with Gasteiger partial charge in [-0.2, -0.15) is 0 Å². The number of imide groups is 1. The fourth-order valence-electron chi connectivity index (χ4n) is 5.15. The maximum Gasteiger partial charge on any atom is 0.547 e. The molecule has 236 valence electrons. The molecule has 15 nitrogen and oxygen atoms in total. The average molecular weight is 628 g/mol. The number of aromatic carboxylic acids is 1. The number of carboxylic acid groups (broad SMARTS) is 1. The Morgan fingerprint density at radius 3 is 2.57 bits per heavy atom. The Morgan fingerprint density at radius 1 is 1.07 bits per heavy atom. The molecule has 1 fully saturated rings. The number of anilines is 1. The first-order valence-corrected chi connectivity index (χ1v) is 14.3. The molecular formula is C30H29BN6O9. The quantitative estimate of drug-likeness (QED) is 0.174. The zero-order valence-corrected chi connectivity index (χ0v) is 24.5. The van der Waals surface area contributed by atoms with E-state index in [1.54, 1.807) is 31.2 Å². The van der Waals surface area contributed by atoms with Gasteiger partial charge in [0.05, 0.1) is 17.1 Å². The number of piperazine rings is 1. The number of rotatable bonds is 8. The second kappa shape index (κ2) is 13.5. The van der Waals surface area contributed by atoms with Crippen molar-refractivity contribution in [3.05, 3.63) is 89.2 Å². The van der Waals surface area contributed by atoms with E-state index < -0.39 is 54.7 Å². The molecule has 0 radical (unpaired) electrons. The predicted molar refractivity (Wildman–Crippen MR) is 162 cm³/mol. The number of benzene rings is 2. The molecule has 0 bridgehead atoms. The van der Waals surface area contributed by atoms with Crippen LogP contribution in [0.4, 0.5) is 10.5 Å². The van der Waals surface area contributed by atoms with Gasteiger partial charge in [-0.15, -0.1) is 0 Å². The molecule has 0 aliphatic carbocycles. The van der Waals surface area contributed by atoms with Crippen LogP contribution < -0.4 is 20.6 Å². The molecule has 3 aromatic rings. The van der Waals surface area contributed by atoms with Crippen LogP contribution >= 0.6 is 0 Å². The number of carboxylic acids is 1. The molecule has 6 amide bonds. The van der Waals surface area contributed by atoms with Crippen molar-refractivity contribution in [2.75, 3.05) is 25.0 Å². The Morgan fingerprint density at radius 2 is 1.85 bits per heavy atom. The van der Waals surface area contributed by atoms with E-state index in [-0.39, 0.29) is 54.2 Å². The van der Waals surface area contributed by atoms with Gasteiger partial charge in [0.15, 0.2) is 0 Å². The van der Waals surface area contributed by atoms with Crippen molar-refractivity contribution in [3.63, 3.8) is 0 Å². The van der Waals surface area contributed by atoms with Crippen LogP contribution in [0.5, 0.6) is 5.75 Å². The lowest BCUT2D eigenvalue weighted by Crippen LogP contribution is -2.60. The zero-order chi connectivity index (χ0) is 33.0. The van der Waals surface area contributed by atoms with Crippen LogP contribution in [-0.2, 0) is 20.8 Å². The number of carbonyl (C=O) groups excluding carboxylic acids is 5. The standard InChI is InChI=1S/C30H29BN6O9/c1-2-36-12-13-37(28(41)27(36)40)30(44)35-23(17-6-3-9-20(14-17)33-25(38)19-8-5-11-32-16-19)26(39)34-22-15-18-7-4-10-21(29(42)43)24(18)46-31(22)45/h3-11,14,16,22-23,45H,2,12-13,15H2,1H3,(H,33,38)(H,34,39)(H,35,44)(H,42,43)/t22-,23?/m0/s1. The van der Waals surface area contributed by atoms with Crippen molar-refractivity contribution >= 4 is 48.4 Å². The smallest absolute Gasteiger partial charge is 0.534 e. The Bertz CT molecular complexity index is 1710. The van der Waals surface area contributed by atoms with Crippen LogP contribution in [0.1, 0.15) is 44.8 Å². The van der Waals surface area contributed by atoms with Gasteiger partial charge < -0.3 is 35.6 Å². The Labute approximate surface area is 262 Å². The summed E-state index contributed by atoms with van der Waals surface area (Å²) in [7, 11) is -1.64. The molecule has 2 aliphatic heterocycles. The van der Waals surface area contributed by atoms with E-state index in [1.807, 2.05) is 0 Å². The van der Waals surface area contributed by atoms with Crippen LogP contribution in [0.2, 0.25) is 0 Å². The number of pyridine rings is 1. The minimum atomic E-state index is -1.64. The number of hydrogen-bond acceptors (Lipinski definition) is 9. The molecule has 5 N–H and O–H groups in total. The molecular weight excluding hydrogens is 599 g/mol. The van der Waals surface area contributed by atoms with Gasteiger partial charge in [0.2, 0.25) is 5.91 Å². The van der Waals surface area contributed by atoms with E-state index in [9.17, 15) is 38.9 Å². The van der Waals surface area contributed by atoms with Gasteiger partial charge in [-0.05, 0) is 54.8 Å². The van der Waals surface area contributed by atoms with Crippen molar-refractivity contribution in [3.8, 4) is 5.75 Å². The van der Waals surface area contributed by atoms with Crippen molar-refractivity contribution in [1.29, 1.82) is 0 Å². The summed E-state index contributed by atoms with van der Waals surface area (Å²) in [5.41, 5.74) is 1.02. The number of amides is 6. The number of para-hydroxylation sites is 1. The monoisotopic (exact) mass is 628 g/mol. The summed E-state index contributed by atoms with van der Waals surface area (Å²) in [6, 6.07) is 11.2. The zero-order valence-electron chi connectivity index (χ0n) is 24.5. The number of fused-ring (bicyclic) bond motifs is 1. The fourth-order valence-corrected chi connectivity index (χ4v) is 5.15. The molecule has 16 heteroatoms. The van der Waals surface area contributed by atoms with E-state index in [4.69, 9.17) is 4.65 Å². The first-order valence-electron chi connectivity index (χ1n) is 14.3. The van der Waals surface area contributed by atoms with E-state index in [0.29, 0.717) is 10.5 Å². The van der Waals surface area contributed by atoms with E-state index in [0.717, 1.165) is 0 Å². The number of nitrogens with zero attached hydrogens (tertiary/aromatic N) is 3. The minimum absolute atomic E-state index is 0.00278. The van der Waals surface area contributed by atoms with Gasteiger partial charge in [-0.25, -0.2) is 9.59 Å². The van der Waals surface area contributed by atoms with E-state index >= 15 is 0 Å². The van der Waals surface area contributed by atoms with Gasteiger partial charge in [-0.3, -0.25) is 29.1 Å². The maximum atomic E-state index is 13.8. The number of hydrogen-bond donors (Lipinski definition) is 5. The molecule has 5 rings (SSSR count). The molecule has 1 saturated heterocycles. The Balaban J connectivity index is 1.40. The van der Waals surface area contributed by atoms with Crippen molar-refractivity contribution in [2.24, 2.45) is 0 Å². The first-order chi connectivity index (χ1) is 22.1. The van der Waals surface area contributed by atoms with Crippen molar-refractivity contribution in [1.82, 2.24) is 25.4 Å². The van der Waals surface area contributed by atoms with Crippen LogP contribution in [0.25, 0.3) is 0 Å². The molecule has 3 heterocycles. The van der Waals surface area contributed by atoms with Gasteiger partial charge >= 0.3 is 30.9 Å². The van der Waals surface area contributed by atoms with Crippen molar-refractivity contribution < 1.29 is 43.6 Å². The minimum Gasteiger partial charge on any atom is -0.534 e. The summed E-state index contributed by atoms with van der Waals surface area (Å²) in [6.07, 6.45) is 2.89. The predicted octanol–water partition coefficient (Wildman–Crippen LogP) is 0.613. The highest BCUT2D eigenvalue weighted by Crippen LogP contribution is 2.30. The molecule has 0 saturated carbocycles. The highest BCUT2D eigenvalue weighted by atomic mass is 16.5. The topological polar surface area (TPSA) is 208 Å². The third-order valence-electron chi connectivity index (χ3n) is 7.54. The number of carbonyl (C=O) groups is 6. The van der Waals surface area contributed by atoms with Gasteiger partial charge in [-0.1, -0.05) is 24.3 Å². The summed E-state index contributed by atoms with van der Waals surface area (Å²) in [4.78, 5) is 82.6. The molecule has 46 heavy (non-hydrogen) atoms. The third kappa shape index (κ3) is 6.66. The highest BCUT2D eigenvalue weighted by Gasteiger charge is 2.41. The van der Waals surface area contributed by atoms with Crippen molar-refractivity contribution in [2.45, 2.75) is 25.3 Å². The van der Waals surface area contributed by atoms with E-state index in [1.165, 1.54) is 47.6 Å². The second-order valence-corrected chi connectivity index (χ2v) is 10.5. The summed E-state index contributed by atoms with van der Waals surface area (Å²) >= 11 is 0. The summed E-state index contributed by atoms with van der Waals surface area (Å²) in [5.74, 6) is -5.54. The summed E-state index contributed by atoms with van der Waals surface area (Å²) in [6.45, 7) is 2.00. The maximum absolute atomic E-state index is 13.8.